The van der Waals surface area contributed by atoms with Crippen molar-refractivity contribution >= 4 is 5.69 Å². The minimum atomic E-state index is -0.764. The van der Waals surface area contributed by atoms with Gasteiger partial charge in [-0.25, -0.2) is 4.39 Å². The van der Waals surface area contributed by atoms with Crippen molar-refractivity contribution in [1.29, 1.82) is 0 Å². The molecule has 110 valence electrons. The van der Waals surface area contributed by atoms with Gasteiger partial charge in [0.1, 0.15) is 5.82 Å². The molecule has 2 rings (SSSR count). The van der Waals surface area contributed by atoms with Crippen LogP contribution in [-0.2, 0) is 12.0 Å². The Morgan fingerprint density at radius 1 is 1.24 bits per heavy atom. The fraction of sp³-hybridized carbons (Fsp3) is 0.250. The second kappa shape index (κ2) is 6.01. The number of halogens is 1. The van der Waals surface area contributed by atoms with E-state index in [-0.39, 0.29) is 12.1 Å². The van der Waals surface area contributed by atoms with Gasteiger partial charge in [0.15, 0.2) is 0 Å². The number of nitro groups is 1. The van der Waals surface area contributed by atoms with Gasteiger partial charge < -0.3 is 5.73 Å². The molecule has 0 aromatic heterocycles. The fourth-order valence-electron chi connectivity index (χ4n) is 2.41. The van der Waals surface area contributed by atoms with E-state index in [2.05, 4.69) is 0 Å². The van der Waals surface area contributed by atoms with Crippen LogP contribution in [0.4, 0.5) is 10.1 Å². The van der Waals surface area contributed by atoms with Gasteiger partial charge in [-0.3, -0.25) is 10.1 Å². The molecule has 2 aromatic rings. The minimum Gasteiger partial charge on any atom is -0.321 e. The van der Waals surface area contributed by atoms with Gasteiger partial charge in [0.2, 0.25) is 0 Å². The van der Waals surface area contributed by atoms with E-state index in [4.69, 9.17) is 5.73 Å². The second-order valence-corrected chi connectivity index (χ2v) is 5.08. The lowest BCUT2D eigenvalue weighted by Gasteiger charge is -2.29. The van der Waals surface area contributed by atoms with Crippen LogP contribution in [0.25, 0.3) is 0 Å². The monoisotopic (exact) mass is 288 g/mol. The Kier molecular flexibility index (Phi) is 4.33. The average Bonchev–Trinajstić information content (AvgIpc) is 2.47. The number of nitro benzene ring substituents is 1. The summed E-state index contributed by atoms with van der Waals surface area (Å²) in [4.78, 5) is 10.6. The molecule has 0 saturated carbocycles. The highest BCUT2D eigenvalue weighted by Crippen LogP contribution is 2.30. The van der Waals surface area contributed by atoms with Crippen molar-refractivity contribution in [3.8, 4) is 0 Å². The van der Waals surface area contributed by atoms with Crippen LogP contribution in [0.15, 0.2) is 48.5 Å². The molecule has 2 N–H and O–H groups in total. The molecule has 5 heteroatoms. The molecule has 0 spiro atoms. The van der Waals surface area contributed by atoms with Crippen LogP contribution in [-0.4, -0.2) is 4.92 Å². The highest BCUT2D eigenvalue weighted by molar-refractivity contribution is 5.42. The van der Waals surface area contributed by atoms with E-state index in [0.717, 1.165) is 11.6 Å². The molecule has 4 nitrogen and oxygen atoms in total. The van der Waals surface area contributed by atoms with E-state index in [1.165, 1.54) is 12.1 Å². The van der Waals surface area contributed by atoms with Crippen molar-refractivity contribution in [3.05, 3.63) is 75.6 Å². The minimum absolute atomic E-state index is 0.101. The molecule has 1 unspecified atom stereocenters. The second-order valence-electron chi connectivity index (χ2n) is 5.08. The Hall–Kier alpha value is -2.27. The molecule has 0 fully saturated rings. The van der Waals surface area contributed by atoms with Gasteiger partial charge in [-0.15, -0.1) is 0 Å². The Labute approximate surface area is 122 Å². The summed E-state index contributed by atoms with van der Waals surface area (Å²) < 4.78 is 13.4. The number of nitrogens with two attached hydrogens (primary N) is 1. The summed E-state index contributed by atoms with van der Waals surface area (Å²) in [6, 6.07) is 12.9. The van der Waals surface area contributed by atoms with Gasteiger partial charge in [-0.2, -0.15) is 0 Å². The van der Waals surface area contributed by atoms with E-state index < -0.39 is 16.3 Å². The zero-order chi connectivity index (χ0) is 15.5. The van der Waals surface area contributed by atoms with Crippen LogP contribution in [0.1, 0.15) is 24.5 Å². The lowest BCUT2D eigenvalue weighted by molar-refractivity contribution is -0.385. The van der Waals surface area contributed by atoms with E-state index in [0.29, 0.717) is 12.0 Å². The Morgan fingerprint density at radius 2 is 1.90 bits per heavy atom. The largest absolute Gasteiger partial charge is 0.321 e. The van der Waals surface area contributed by atoms with Gasteiger partial charge in [0.25, 0.3) is 5.69 Å². The normalized spacial score (nSPS) is 13.7. The first-order valence-electron chi connectivity index (χ1n) is 6.73. The van der Waals surface area contributed by atoms with Gasteiger partial charge in [0.05, 0.1) is 4.92 Å². The molecular formula is C16H17FN2O2. The van der Waals surface area contributed by atoms with Gasteiger partial charge in [-0.05, 0) is 24.1 Å². The Balaban J connectivity index is 2.44. The molecule has 0 aliphatic rings. The van der Waals surface area contributed by atoms with E-state index in [1.807, 2.05) is 37.3 Å². The van der Waals surface area contributed by atoms with Crippen molar-refractivity contribution in [2.24, 2.45) is 5.73 Å². The lowest BCUT2D eigenvalue weighted by atomic mass is 9.82. The van der Waals surface area contributed by atoms with Gasteiger partial charge in [0, 0.05) is 23.6 Å². The summed E-state index contributed by atoms with van der Waals surface area (Å²) in [6.45, 7) is 1.91. The standard InChI is InChI=1S/C16H17FN2O2/c1-2-16(18,13-6-4-3-5-7-13)11-12-10-14(17)8-9-15(12)19(20)21/h3-10H,2,11,18H2,1H3. The number of hydrogen-bond acceptors (Lipinski definition) is 3. The zero-order valence-electron chi connectivity index (χ0n) is 11.8. The summed E-state index contributed by atoms with van der Waals surface area (Å²) in [5, 5.41) is 11.1. The molecule has 21 heavy (non-hydrogen) atoms. The third kappa shape index (κ3) is 3.25. The third-order valence-corrected chi connectivity index (χ3v) is 3.72. The Bertz CT molecular complexity index is 646. The third-order valence-electron chi connectivity index (χ3n) is 3.72. The summed E-state index contributed by atoms with van der Waals surface area (Å²) in [5.41, 5.74) is 6.75. The van der Waals surface area contributed by atoms with Crippen LogP contribution in [0, 0.1) is 15.9 Å². The summed E-state index contributed by atoms with van der Waals surface area (Å²) in [7, 11) is 0. The first kappa shape index (κ1) is 15.1. The predicted octanol–water partition coefficient (Wildman–Crippen LogP) is 3.54. The smallest absolute Gasteiger partial charge is 0.272 e. The lowest BCUT2D eigenvalue weighted by Crippen LogP contribution is -2.38. The molecule has 0 aliphatic carbocycles. The molecular weight excluding hydrogens is 271 g/mol. The molecule has 0 saturated heterocycles. The molecule has 0 amide bonds. The average molecular weight is 288 g/mol. The van der Waals surface area contributed by atoms with Gasteiger partial charge in [-0.1, -0.05) is 37.3 Å². The van der Waals surface area contributed by atoms with E-state index in [1.54, 1.807) is 0 Å². The van der Waals surface area contributed by atoms with E-state index >= 15 is 0 Å². The van der Waals surface area contributed by atoms with Crippen molar-refractivity contribution in [1.82, 2.24) is 0 Å². The quantitative estimate of drug-likeness (QED) is 0.675. The number of hydrogen-bond donors (Lipinski definition) is 1. The van der Waals surface area contributed by atoms with E-state index in [9.17, 15) is 14.5 Å². The number of benzene rings is 2. The molecule has 0 bridgehead atoms. The summed E-state index contributed by atoms with van der Waals surface area (Å²) in [6.07, 6.45) is 0.798. The fourth-order valence-corrected chi connectivity index (χ4v) is 2.41. The maximum absolute atomic E-state index is 13.4. The van der Waals surface area contributed by atoms with Crippen molar-refractivity contribution in [2.75, 3.05) is 0 Å². The molecule has 2 aromatic carbocycles. The van der Waals surface area contributed by atoms with Crippen LogP contribution in [0.2, 0.25) is 0 Å². The number of rotatable bonds is 5. The van der Waals surface area contributed by atoms with Crippen molar-refractivity contribution < 1.29 is 9.31 Å². The van der Waals surface area contributed by atoms with Crippen LogP contribution >= 0.6 is 0 Å². The first-order valence-corrected chi connectivity index (χ1v) is 6.73. The predicted molar refractivity (Wildman–Crippen MR) is 79.4 cm³/mol. The van der Waals surface area contributed by atoms with Crippen LogP contribution in [0.3, 0.4) is 0 Å². The molecule has 0 heterocycles. The SMILES string of the molecule is CCC(N)(Cc1cc(F)ccc1[N+](=O)[O-])c1ccccc1. The topological polar surface area (TPSA) is 69.2 Å². The van der Waals surface area contributed by atoms with Gasteiger partial charge >= 0.3 is 0 Å². The summed E-state index contributed by atoms with van der Waals surface area (Å²) in [5.74, 6) is -0.498. The van der Waals surface area contributed by atoms with Crippen LogP contribution < -0.4 is 5.73 Å². The molecule has 0 radical (unpaired) electrons. The Morgan fingerprint density at radius 3 is 2.48 bits per heavy atom. The first-order chi connectivity index (χ1) is 9.96. The van der Waals surface area contributed by atoms with Crippen molar-refractivity contribution in [2.45, 2.75) is 25.3 Å². The maximum Gasteiger partial charge on any atom is 0.272 e. The highest BCUT2D eigenvalue weighted by Gasteiger charge is 2.29. The maximum atomic E-state index is 13.4. The van der Waals surface area contributed by atoms with Crippen LogP contribution in [0.5, 0.6) is 0 Å². The molecule has 1 atom stereocenters. The highest BCUT2D eigenvalue weighted by atomic mass is 19.1. The zero-order valence-corrected chi connectivity index (χ0v) is 11.8. The number of nitrogens with zero attached hydrogens (tertiary/aromatic N) is 1. The molecule has 0 aliphatic heterocycles. The summed E-state index contributed by atoms with van der Waals surface area (Å²) >= 11 is 0. The van der Waals surface area contributed by atoms with Crippen molar-refractivity contribution in [3.63, 3.8) is 0 Å².